The highest BCUT2D eigenvalue weighted by atomic mass is 35.5. The zero-order valence-corrected chi connectivity index (χ0v) is 12.4. The van der Waals surface area contributed by atoms with Crippen molar-refractivity contribution in [3.63, 3.8) is 0 Å². The van der Waals surface area contributed by atoms with Crippen LogP contribution in [-0.4, -0.2) is 12.5 Å². The maximum absolute atomic E-state index is 12.0. The van der Waals surface area contributed by atoms with Crippen molar-refractivity contribution in [2.45, 2.75) is 13.8 Å². The molecule has 1 aromatic carbocycles. The molecule has 1 rings (SSSR count). The molecule has 0 aliphatic carbocycles. The van der Waals surface area contributed by atoms with Crippen molar-refractivity contribution < 1.29 is 4.79 Å². The number of benzene rings is 1. The molecule has 0 fully saturated rings. The van der Waals surface area contributed by atoms with Crippen LogP contribution in [0.15, 0.2) is 12.1 Å². The third kappa shape index (κ3) is 3.75. The third-order valence-electron chi connectivity index (χ3n) is 2.66. The van der Waals surface area contributed by atoms with Crippen LogP contribution in [0, 0.1) is 11.8 Å². The van der Waals surface area contributed by atoms with E-state index in [1.54, 1.807) is 0 Å². The molecule has 0 bridgehead atoms. The molecule has 6 heteroatoms. The number of amides is 1. The monoisotopic (exact) mass is 308 g/mol. The van der Waals surface area contributed by atoms with Gasteiger partial charge in [-0.1, -0.05) is 48.7 Å². The lowest BCUT2D eigenvalue weighted by molar-refractivity contribution is -0.120. The van der Waals surface area contributed by atoms with Crippen molar-refractivity contribution in [2.24, 2.45) is 17.6 Å². The molecule has 0 aliphatic heterocycles. The van der Waals surface area contributed by atoms with Gasteiger partial charge in [0.2, 0.25) is 5.91 Å². The van der Waals surface area contributed by atoms with Gasteiger partial charge in [-0.25, -0.2) is 0 Å². The van der Waals surface area contributed by atoms with Gasteiger partial charge < -0.3 is 11.1 Å². The SMILES string of the molecule is CC(C)C(CN)C(=O)Nc1cc(Cl)c(Cl)cc1Cl. The summed E-state index contributed by atoms with van der Waals surface area (Å²) < 4.78 is 0. The predicted octanol–water partition coefficient (Wildman–Crippen LogP) is 3.82. The molecule has 100 valence electrons. The number of nitrogens with two attached hydrogens (primary N) is 1. The van der Waals surface area contributed by atoms with E-state index in [9.17, 15) is 4.79 Å². The van der Waals surface area contributed by atoms with E-state index >= 15 is 0 Å². The van der Waals surface area contributed by atoms with E-state index in [0.717, 1.165) is 0 Å². The third-order valence-corrected chi connectivity index (χ3v) is 3.70. The van der Waals surface area contributed by atoms with Gasteiger partial charge in [-0.15, -0.1) is 0 Å². The summed E-state index contributed by atoms with van der Waals surface area (Å²) >= 11 is 17.7. The molecule has 0 heterocycles. The van der Waals surface area contributed by atoms with Crippen LogP contribution in [0.3, 0.4) is 0 Å². The summed E-state index contributed by atoms with van der Waals surface area (Å²) in [6.07, 6.45) is 0. The minimum atomic E-state index is -0.268. The summed E-state index contributed by atoms with van der Waals surface area (Å²) in [5, 5.41) is 3.75. The Morgan fingerprint density at radius 3 is 2.28 bits per heavy atom. The smallest absolute Gasteiger partial charge is 0.229 e. The number of anilines is 1. The quantitative estimate of drug-likeness (QED) is 0.831. The highest BCUT2D eigenvalue weighted by Gasteiger charge is 2.21. The van der Waals surface area contributed by atoms with Crippen LogP contribution in [0.2, 0.25) is 15.1 Å². The lowest BCUT2D eigenvalue weighted by Crippen LogP contribution is -2.33. The van der Waals surface area contributed by atoms with Crippen molar-refractivity contribution in [2.75, 3.05) is 11.9 Å². The Bertz CT molecular complexity index is 449. The fourth-order valence-corrected chi connectivity index (χ4v) is 2.12. The molecule has 0 aromatic heterocycles. The second-order valence-corrected chi connectivity index (χ2v) is 5.54. The zero-order chi connectivity index (χ0) is 13.9. The molecule has 18 heavy (non-hydrogen) atoms. The summed E-state index contributed by atoms with van der Waals surface area (Å²) in [5.74, 6) is -0.292. The first-order chi connectivity index (χ1) is 8.36. The zero-order valence-electron chi connectivity index (χ0n) is 10.1. The number of hydrogen-bond donors (Lipinski definition) is 2. The standard InChI is InChI=1S/C12H15Cl3N2O/c1-6(2)7(5-16)12(18)17-11-4-9(14)8(13)3-10(11)15/h3-4,6-7H,5,16H2,1-2H3,(H,17,18). The first-order valence-corrected chi connectivity index (χ1v) is 6.65. The van der Waals surface area contributed by atoms with Crippen LogP contribution >= 0.6 is 34.8 Å². The Labute approximate surface area is 122 Å². The average molecular weight is 310 g/mol. The topological polar surface area (TPSA) is 55.1 Å². The average Bonchev–Trinajstić information content (AvgIpc) is 2.26. The number of rotatable bonds is 4. The van der Waals surface area contributed by atoms with Gasteiger partial charge in [-0.05, 0) is 18.1 Å². The summed E-state index contributed by atoms with van der Waals surface area (Å²) in [6.45, 7) is 4.16. The van der Waals surface area contributed by atoms with Gasteiger partial charge in [0.15, 0.2) is 0 Å². The van der Waals surface area contributed by atoms with Gasteiger partial charge in [-0.3, -0.25) is 4.79 Å². The highest BCUT2D eigenvalue weighted by molar-refractivity contribution is 6.44. The van der Waals surface area contributed by atoms with E-state index < -0.39 is 0 Å². The molecule has 1 aromatic rings. The number of carbonyl (C=O) groups is 1. The maximum atomic E-state index is 12.0. The molecule has 0 saturated heterocycles. The van der Waals surface area contributed by atoms with Gasteiger partial charge in [0.05, 0.1) is 26.7 Å². The Hall–Kier alpha value is -0.480. The second kappa shape index (κ2) is 6.62. The molecule has 0 radical (unpaired) electrons. The fourth-order valence-electron chi connectivity index (χ4n) is 1.53. The van der Waals surface area contributed by atoms with Crippen molar-refractivity contribution >= 4 is 46.4 Å². The Balaban J connectivity index is 2.91. The van der Waals surface area contributed by atoms with E-state index in [0.29, 0.717) is 20.8 Å². The van der Waals surface area contributed by atoms with Gasteiger partial charge in [0.25, 0.3) is 0 Å². The normalized spacial score (nSPS) is 12.6. The first-order valence-electron chi connectivity index (χ1n) is 5.52. The Kier molecular flexibility index (Phi) is 5.73. The maximum Gasteiger partial charge on any atom is 0.229 e. The molecule has 1 amide bonds. The van der Waals surface area contributed by atoms with Crippen LogP contribution < -0.4 is 11.1 Å². The summed E-state index contributed by atoms with van der Waals surface area (Å²) in [4.78, 5) is 12.0. The highest BCUT2D eigenvalue weighted by Crippen LogP contribution is 2.32. The van der Waals surface area contributed by atoms with E-state index in [4.69, 9.17) is 40.5 Å². The van der Waals surface area contributed by atoms with Crippen molar-refractivity contribution in [3.05, 3.63) is 27.2 Å². The van der Waals surface area contributed by atoms with Gasteiger partial charge in [0.1, 0.15) is 0 Å². The van der Waals surface area contributed by atoms with E-state index in [-0.39, 0.29) is 24.3 Å². The van der Waals surface area contributed by atoms with Crippen LogP contribution in [0.1, 0.15) is 13.8 Å². The lowest BCUT2D eigenvalue weighted by atomic mass is 9.95. The first kappa shape index (κ1) is 15.6. The Morgan fingerprint density at radius 2 is 1.78 bits per heavy atom. The predicted molar refractivity (Wildman–Crippen MR) is 77.5 cm³/mol. The van der Waals surface area contributed by atoms with Crippen molar-refractivity contribution in [1.82, 2.24) is 0 Å². The molecule has 0 aliphatic rings. The summed E-state index contributed by atoms with van der Waals surface area (Å²) in [6, 6.07) is 3.02. The van der Waals surface area contributed by atoms with Crippen LogP contribution in [0.5, 0.6) is 0 Å². The molecular formula is C12H15Cl3N2O. The van der Waals surface area contributed by atoms with Crippen LogP contribution in [0.25, 0.3) is 0 Å². The van der Waals surface area contributed by atoms with Gasteiger partial charge in [0, 0.05) is 6.54 Å². The number of carbonyl (C=O) groups excluding carboxylic acids is 1. The fraction of sp³-hybridized carbons (Fsp3) is 0.417. The summed E-state index contributed by atoms with van der Waals surface area (Å²) in [5.41, 5.74) is 6.02. The molecule has 1 unspecified atom stereocenters. The summed E-state index contributed by atoms with van der Waals surface area (Å²) in [7, 11) is 0. The second-order valence-electron chi connectivity index (χ2n) is 4.32. The number of nitrogens with one attached hydrogen (secondary N) is 1. The lowest BCUT2D eigenvalue weighted by Gasteiger charge is -2.19. The van der Waals surface area contributed by atoms with E-state index in [2.05, 4.69) is 5.32 Å². The van der Waals surface area contributed by atoms with Gasteiger partial charge in [-0.2, -0.15) is 0 Å². The molecule has 0 spiro atoms. The molecule has 0 saturated carbocycles. The number of halogens is 3. The minimum Gasteiger partial charge on any atom is -0.330 e. The van der Waals surface area contributed by atoms with Crippen LogP contribution in [0.4, 0.5) is 5.69 Å². The Morgan fingerprint density at radius 1 is 1.22 bits per heavy atom. The van der Waals surface area contributed by atoms with Crippen molar-refractivity contribution in [1.29, 1.82) is 0 Å². The molecule has 3 N–H and O–H groups in total. The molecular weight excluding hydrogens is 295 g/mol. The van der Waals surface area contributed by atoms with E-state index in [1.165, 1.54) is 12.1 Å². The molecule has 3 nitrogen and oxygen atoms in total. The minimum absolute atomic E-state index is 0.150. The largest absolute Gasteiger partial charge is 0.330 e. The molecule has 1 atom stereocenters. The number of hydrogen-bond acceptors (Lipinski definition) is 2. The van der Waals surface area contributed by atoms with Crippen molar-refractivity contribution in [3.8, 4) is 0 Å². The van der Waals surface area contributed by atoms with E-state index in [1.807, 2.05) is 13.8 Å². The van der Waals surface area contributed by atoms with Crippen LogP contribution in [-0.2, 0) is 4.79 Å². The van der Waals surface area contributed by atoms with Gasteiger partial charge >= 0.3 is 0 Å².